The monoisotopic (exact) mass is 95.1 g/mol. The van der Waals surface area contributed by atoms with E-state index in [9.17, 15) is 0 Å². The van der Waals surface area contributed by atoms with Gasteiger partial charge in [-0.15, -0.1) is 0 Å². The first kappa shape index (κ1) is 4.44. The molecule has 38 valence electrons. The number of hydrogen-bond acceptors (Lipinski definition) is 1. The summed E-state index contributed by atoms with van der Waals surface area (Å²) in [4.78, 5) is 0. The molecule has 0 aliphatic heterocycles. The smallest absolute Gasteiger partial charge is 0.0142 e. The van der Waals surface area contributed by atoms with Crippen LogP contribution >= 0.6 is 0 Å². The van der Waals surface area contributed by atoms with Crippen molar-refractivity contribution in [2.75, 3.05) is 7.05 Å². The summed E-state index contributed by atoms with van der Waals surface area (Å²) in [5, 5.41) is 3.06. The molecule has 0 aromatic carbocycles. The predicted molar refractivity (Wildman–Crippen MR) is 30.9 cm³/mol. The van der Waals surface area contributed by atoms with Crippen molar-refractivity contribution in [1.29, 1.82) is 0 Å². The summed E-state index contributed by atoms with van der Waals surface area (Å²) in [5.41, 5.74) is 1.31. The molecule has 0 spiro atoms. The Hall–Kier alpha value is -0.720. The molecule has 0 heterocycles. The number of nitrogens with one attached hydrogen (secondary N) is 1. The molecule has 0 saturated carbocycles. The van der Waals surface area contributed by atoms with Gasteiger partial charge in [-0.25, -0.2) is 0 Å². The van der Waals surface area contributed by atoms with Gasteiger partial charge < -0.3 is 5.32 Å². The second-order valence-electron chi connectivity index (χ2n) is 1.57. The number of allylic oxidation sites excluding steroid dienone is 3. The Labute approximate surface area is 43.7 Å². The van der Waals surface area contributed by atoms with E-state index in [0.717, 1.165) is 6.42 Å². The fraction of sp³-hybridized carbons (Fsp3) is 0.333. The lowest BCUT2D eigenvalue weighted by atomic mass is 10.4. The molecule has 0 radical (unpaired) electrons. The van der Waals surface area contributed by atoms with Gasteiger partial charge in [0.2, 0.25) is 0 Å². The molecule has 0 atom stereocenters. The molecular weight excluding hydrogens is 86.1 g/mol. The lowest BCUT2D eigenvalue weighted by molar-refractivity contribution is 0.953. The van der Waals surface area contributed by atoms with Gasteiger partial charge >= 0.3 is 0 Å². The van der Waals surface area contributed by atoms with E-state index in [1.807, 2.05) is 7.05 Å². The van der Waals surface area contributed by atoms with Gasteiger partial charge in [0, 0.05) is 19.2 Å². The topological polar surface area (TPSA) is 12.0 Å². The fourth-order valence-corrected chi connectivity index (χ4v) is 0.633. The summed E-state index contributed by atoms with van der Waals surface area (Å²) in [6.07, 6.45) is 7.36. The summed E-state index contributed by atoms with van der Waals surface area (Å²) in [5.74, 6) is 0. The SMILES string of the molecule is CNC1=CC=CC1. The molecule has 0 saturated heterocycles. The molecule has 0 fully saturated rings. The predicted octanol–water partition coefficient (Wildman–Crippen LogP) is 1.05. The van der Waals surface area contributed by atoms with Crippen LogP contribution in [-0.2, 0) is 0 Å². The van der Waals surface area contributed by atoms with Gasteiger partial charge in [0.1, 0.15) is 0 Å². The molecule has 1 heteroatoms. The second-order valence-corrected chi connectivity index (χ2v) is 1.57. The van der Waals surface area contributed by atoms with Gasteiger partial charge in [0.25, 0.3) is 0 Å². The molecule has 1 rings (SSSR count). The number of rotatable bonds is 1. The van der Waals surface area contributed by atoms with Gasteiger partial charge in [0.05, 0.1) is 0 Å². The average Bonchev–Trinajstić information content (AvgIpc) is 2.14. The van der Waals surface area contributed by atoms with Crippen LogP contribution in [0.3, 0.4) is 0 Å². The normalized spacial score (nSPS) is 17.0. The fourth-order valence-electron chi connectivity index (χ4n) is 0.633. The molecule has 1 aliphatic rings. The quantitative estimate of drug-likeness (QED) is 0.513. The summed E-state index contributed by atoms with van der Waals surface area (Å²) >= 11 is 0. The summed E-state index contributed by atoms with van der Waals surface area (Å²) in [6, 6.07) is 0. The summed E-state index contributed by atoms with van der Waals surface area (Å²) in [7, 11) is 1.94. The Morgan fingerprint density at radius 3 is 2.86 bits per heavy atom. The zero-order valence-electron chi connectivity index (χ0n) is 4.44. The Balaban J connectivity index is 2.45. The van der Waals surface area contributed by atoms with E-state index in [1.54, 1.807) is 0 Å². The van der Waals surface area contributed by atoms with Crippen molar-refractivity contribution >= 4 is 0 Å². The van der Waals surface area contributed by atoms with Crippen molar-refractivity contribution in [3.63, 3.8) is 0 Å². The third kappa shape index (κ3) is 0.829. The second kappa shape index (κ2) is 1.82. The van der Waals surface area contributed by atoms with Gasteiger partial charge in [-0.3, -0.25) is 0 Å². The van der Waals surface area contributed by atoms with Crippen molar-refractivity contribution < 1.29 is 0 Å². The maximum atomic E-state index is 3.06. The van der Waals surface area contributed by atoms with Gasteiger partial charge in [-0.05, 0) is 6.08 Å². The highest BCUT2D eigenvalue weighted by Gasteiger charge is 1.91. The van der Waals surface area contributed by atoms with E-state index < -0.39 is 0 Å². The van der Waals surface area contributed by atoms with Crippen LogP contribution in [0.15, 0.2) is 23.9 Å². The molecule has 1 aliphatic carbocycles. The highest BCUT2D eigenvalue weighted by molar-refractivity contribution is 5.20. The van der Waals surface area contributed by atoms with Gasteiger partial charge in [0.15, 0.2) is 0 Å². The van der Waals surface area contributed by atoms with Crippen molar-refractivity contribution in [2.45, 2.75) is 6.42 Å². The molecule has 0 amide bonds. The van der Waals surface area contributed by atoms with Crippen LogP contribution in [-0.4, -0.2) is 7.05 Å². The zero-order chi connectivity index (χ0) is 5.11. The average molecular weight is 95.1 g/mol. The Morgan fingerprint density at radius 2 is 2.57 bits per heavy atom. The first-order valence-corrected chi connectivity index (χ1v) is 2.47. The van der Waals surface area contributed by atoms with E-state index in [2.05, 4.69) is 23.5 Å². The van der Waals surface area contributed by atoms with Crippen molar-refractivity contribution in [1.82, 2.24) is 5.32 Å². The van der Waals surface area contributed by atoms with E-state index >= 15 is 0 Å². The van der Waals surface area contributed by atoms with Crippen LogP contribution in [0.4, 0.5) is 0 Å². The minimum Gasteiger partial charge on any atom is -0.391 e. The lowest BCUT2D eigenvalue weighted by Gasteiger charge is -1.94. The van der Waals surface area contributed by atoms with Crippen LogP contribution < -0.4 is 5.32 Å². The minimum absolute atomic E-state index is 1.08. The van der Waals surface area contributed by atoms with Crippen LogP contribution in [0.1, 0.15) is 6.42 Å². The highest BCUT2D eigenvalue weighted by Crippen LogP contribution is 2.04. The van der Waals surface area contributed by atoms with Crippen LogP contribution in [0.2, 0.25) is 0 Å². The molecule has 1 nitrogen and oxygen atoms in total. The van der Waals surface area contributed by atoms with Crippen molar-refractivity contribution in [2.24, 2.45) is 0 Å². The molecule has 0 aromatic heterocycles. The van der Waals surface area contributed by atoms with E-state index in [-0.39, 0.29) is 0 Å². The lowest BCUT2D eigenvalue weighted by Crippen LogP contribution is -2.01. The molecule has 1 N–H and O–H groups in total. The molecular formula is C6H9N. The minimum atomic E-state index is 1.08. The summed E-state index contributed by atoms with van der Waals surface area (Å²) < 4.78 is 0. The largest absolute Gasteiger partial charge is 0.391 e. The molecule has 0 unspecified atom stereocenters. The van der Waals surface area contributed by atoms with Crippen molar-refractivity contribution in [3.8, 4) is 0 Å². The van der Waals surface area contributed by atoms with E-state index in [4.69, 9.17) is 0 Å². The third-order valence-electron chi connectivity index (χ3n) is 1.09. The van der Waals surface area contributed by atoms with Crippen LogP contribution in [0, 0.1) is 0 Å². The Morgan fingerprint density at radius 1 is 1.71 bits per heavy atom. The Kier molecular flexibility index (Phi) is 1.16. The highest BCUT2D eigenvalue weighted by atomic mass is 14.8. The van der Waals surface area contributed by atoms with Crippen molar-refractivity contribution in [3.05, 3.63) is 23.9 Å². The first-order valence-electron chi connectivity index (χ1n) is 2.47. The van der Waals surface area contributed by atoms with E-state index in [0.29, 0.717) is 0 Å². The zero-order valence-corrected chi connectivity index (χ0v) is 4.44. The third-order valence-corrected chi connectivity index (χ3v) is 1.09. The molecule has 0 bridgehead atoms. The number of hydrogen-bond donors (Lipinski definition) is 1. The maximum Gasteiger partial charge on any atom is 0.0142 e. The van der Waals surface area contributed by atoms with E-state index in [1.165, 1.54) is 5.70 Å². The molecule has 0 aromatic rings. The Bertz CT molecular complexity index is 111. The first-order chi connectivity index (χ1) is 3.43. The summed E-state index contributed by atoms with van der Waals surface area (Å²) in [6.45, 7) is 0. The maximum absolute atomic E-state index is 3.06. The van der Waals surface area contributed by atoms with Gasteiger partial charge in [-0.1, -0.05) is 12.2 Å². The molecule has 7 heavy (non-hydrogen) atoms. The van der Waals surface area contributed by atoms with Crippen LogP contribution in [0.25, 0.3) is 0 Å². The van der Waals surface area contributed by atoms with Crippen LogP contribution in [0.5, 0.6) is 0 Å². The standard InChI is InChI=1S/C6H9N/c1-7-6-4-2-3-5-6/h2-4,7H,5H2,1H3. The van der Waals surface area contributed by atoms with Gasteiger partial charge in [-0.2, -0.15) is 0 Å².